The summed E-state index contributed by atoms with van der Waals surface area (Å²) in [7, 11) is 1.63. The molecule has 3 rings (SSSR count). The van der Waals surface area contributed by atoms with Gasteiger partial charge in [-0.25, -0.2) is 4.79 Å². The van der Waals surface area contributed by atoms with Crippen LogP contribution in [0.2, 0.25) is 0 Å². The number of hydrogen-bond acceptors (Lipinski definition) is 4. The molecule has 0 spiro atoms. The number of ether oxygens (including phenoxy) is 2. The summed E-state index contributed by atoms with van der Waals surface area (Å²) in [6.07, 6.45) is 0. The lowest BCUT2D eigenvalue weighted by molar-refractivity contribution is 0.0697. The molecule has 0 saturated heterocycles. The Morgan fingerprint density at radius 1 is 0.966 bits per heavy atom. The topological polar surface area (TPSA) is 67.8 Å². The van der Waals surface area contributed by atoms with Crippen molar-refractivity contribution in [2.45, 2.75) is 27.0 Å². The molecule has 0 atom stereocenters. The molecule has 0 aliphatic heterocycles. The van der Waals surface area contributed by atoms with Gasteiger partial charge in [-0.15, -0.1) is 0 Å². The Labute approximate surface area is 170 Å². The van der Waals surface area contributed by atoms with E-state index in [2.05, 4.69) is 24.4 Å². The van der Waals surface area contributed by atoms with Crippen molar-refractivity contribution in [1.29, 1.82) is 0 Å². The maximum atomic E-state index is 11.1. The van der Waals surface area contributed by atoms with Crippen molar-refractivity contribution in [2.75, 3.05) is 12.4 Å². The van der Waals surface area contributed by atoms with Crippen LogP contribution in [0.5, 0.6) is 11.5 Å². The predicted molar refractivity (Wildman–Crippen MR) is 114 cm³/mol. The van der Waals surface area contributed by atoms with Gasteiger partial charge in [-0.1, -0.05) is 30.3 Å². The van der Waals surface area contributed by atoms with Crippen LogP contribution < -0.4 is 14.8 Å². The number of rotatable bonds is 8. The summed E-state index contributed by atoms with van der Waals surface area (Å²) in [5.41, 5.74) is 5.43. The van der Waals surface area contributed by atoms with E-state index in [1.807, 2.05) is 37.3 Å². The third-order valence-corrected chi connectivity index (χ3v) is 4.83. The number of methoxy groups -OCH3 is 1. The van der Waals surface area contributed by atoms with Crippen LogP contribution in [0.1, 0.15) is 32.6 Å². The molecule has 0 amide bonds. The smallest absolute Gasteiger partial charge is 0.335 e. The molecule has 0 aliphatic rings. The van der Waals surface area contributed by atoms with Gasteiger partial charge in [0.1, 0.15) is 6.61 Å². The lowest BCUT2D eigenvalue weighted by atomic mass is 10.1. The van der Waals surface area contributed by atoms with Crippen LogP contribution in [0.4, 0.5) is 5.69 Å². The van der Waals surface area contributed by atoms with Crippen LogP contribution in [0.25, 0.3) is 0 Å². The zero-order chi connectivity index (χ0) is 20.8. The highest BCUT2D eigenvalue weighted by Crippen LogP contribution is 2.29. The fourth-order valence-corrected chi connectivity index (χ4v) is 3.06. The Bertz CT molecular complexity index is 1010. The molecule has 3 aromatic carbocycles. The molecule has 150 valence electrons. The highest BCUT2D eigenvalue weighted by Gasteiger charge is 2.09. The minimum atomic E-state index is -0.925. The Morgan fingerprint density at radius 3 is 2.45 bits per heavy atom. The summed E-state index contributed by atoms with van der Waals surface area (Å²) in [5.74, 6) is 0.447. The highest BCUT2D eigenvalue weighted by atomic mass is 16.5. The number of aryl methyl sites for hydroxylation is 2. The van der Waals surface area contributed by atoms with E-state index in [-0.39, 0.29) is 5.56 Å². The number of benzene rings is 3. The van der Waals surface area contributed by atoms with Crippen molar-refractivity contribution >= 4 is 11.7 Å². The first kappa shape index (κ1) is 20.3. The Balaban J connectivity index is 1.67. The van der Waals surface area contributed by atoms with Crippen molar-refractivity contribution in [3.63, 3.8) is 0 Å². The quantitative estimate of drug-likeness (QED) is 0.552. The van der Waals surface area contributed by atoms with Crippen LogP contribution in [-0.2, 0) is 13.2 Å². The second-order valence-electron chi connectivity index (χ2n) is 6.89. The number of carboxylic acid groups (broad SMARTS) is 1. The zero-order valence-corrected chi connectivity index (χ0v) is 16.9. The lowest BCUT2D eigenvalue weighted by Crippen LogP contribution is -2.04. The second-order valence-corrected chi connectivity index (χ2v) is 6.89. The standard InChI is InChI=1S/C24H25NO4/c1-16-6-4-5-7-20(16)15-29-22-11-8-18(13-23(22)28-3)14-25-21-10-9-19(24(26)27)12-17(21)2/h4-13,25H,14-15H2,1-3H3,(H,26,27). The fraction of sp³-hybridized carbons (Fsp3) is 0.208. The first-order valence-corrected chi connectivity index (χ1v) is 9.40. The molecule has 0 fully saturated rings. The van der Waals surface area contributed by atoms with Crippen molar-refractivity contribution in [3.8, 4) is 11.5 Å². The Kier molecular flexibility index (Phi) is 6.39. The second kappa shape index (κ2) is 9.15. The number of hydrogen-bond donors (Lipinski definition) is 2. The summed E-state index contributed by atoms with van der Waals surface area (Å²) in [4.78, 5) is 11.1. The molecule has 3 aromatic rings. The molecule has 5 heteroatoms. The first-order valence-electron chi connectivity index (χ1n) is 9.40. The molecule has 0 bridgehead atoms. The number of nitrogens with one attached hydrogen (secondary N) is 1. The molecular formula is C24H25NO4. The van der Waals surface area contributed by atoms with Gasteiger partial charge in [0.05, 0.1) is 12.7 Å². The third kappa shape index (κ3) is 5.08. The fourth-order valence-electron chi connectivity index (χ4n) is 3.06. The van der Waals surface area contributed by atoms with Crippen LogP contribution >= 0.6 is 0 Å². The average molecular weight is 391 g/mol. The summed E-state index contributed by atoms with van der Waals surface area (Å²) in [6.45, 7) is 5.02. The molecule has 0 heterocycles. The predicted octanol–water partition coefficient (Wildman–Crippen LogP) is 5.20. The van der Waals surface area contributed by atoms with E-state index in [0.717, 1.165) is 22.4 Å². The number of anilines is 1. The van der Waals surface area contributed by atoms with E-state index in [1.54, 1.807) is 25.3 Å². The molecule has 0 aliphatic carbocycles. The summed E-state index contributed by atoms with van der Waals surface area (Å²) < 4.78 is 11.5. The highest BCUT2D eigenvalue weighted by molar-refractivity contribution is 5.88. The van der Waals surface area contributed by atoms with Crippen molar-refractivity contribution in [3.05, 3.63) is 88.5 Å². The normalized spacial score (nSPS) is 10.4. The molecule has 2 N–H and O–H groups in total. The molecule has 0 aromatic heterocycles. The third-order valence-electron chi connectivity index (χ3n) is 4.83. The van der Waals surface area contributed by atoms with Gasteiger partial charge in [0.2, 0.25) is 0 Å². The number of carbonyl (C=O) groups is 1. The van der Waals surface area contributed by atoms with E-state index in [9.17, 15) is 4.79 Å². The van der Waals surface area contributed by atoms with Gasteiger partial charge in [-0.3, -0.25) is 0 Å². The van der Waals surface area contributed by atoms with E-state index in [4.69, 9.17) is 14.6 Å². The Hall–Kier alpha value is -3.47. The van der Waals surface area contributed by atoms with Crippen LogP contribution in [0.15, 0.2) is 60.7 Å². The first-order chi connectivity index (χ1) is 14.0. The van der Waals surface area contributed by atoms with Crippen molar-refractivity contribution < 1.29 is 19.4 Å². The largest absolute Gasteiger partial charge is 0.493 e. The summed E-state index contributed by atoms with van der Waals surface area (Å²) in [6, 6.07) is 19.0. The van der Waals surface area contributed by atoms with Crippen LogP contribution in [0.3, 0.4) is 0 Å². The van der Waals surface area contributed by atoms with E-state index >= 15 is 0 Å². The molecular weight excluding hydrogens is 366 g/mol. The number of aromatic carboxylic acids is 1. The Morgan fingerprint density at radius 2 is 1.76 bits per heavy atom. The monoisotopic (exact) mass is 391 g/mol. The minimum absolute atomic E-state index is 0.282. The maximum absolute atomic E-state index is 11.1. The van der Waals surface area contributed by atoms with Crippen molar-refractivity contribution in [2.24, 2.45) is 0 Å². The van der Waals surface area contributed by atoms with Gasteiger partial charge < -0.3 is 19.9 Å². The molecule has 0 unspecified atom stereocenters. The van der Waals surface area contributed by atoms with Gasteiger partial charge in [-0.2, -0.15) is 0 Å². The minimum Gasteiger partial charge on any atom is -0.493 e. The molecule has 5 nitrogen and oxygen atoms in total. The van der Waals surface area contributed by atoms with Crippen LogP contribution in [-0.4, -0.2) is 18.2 Å². The van der Waals surface area contributed by atoms with E-state index in [1.165, 1.54) is 5.56 Å². The molecule has 0 radical (unpaired) electrons. The summed E-state index contributed by atoms with van der Waals surface area (Å²) in [5, 5.41) is 12.4. The van der Waals surface area contributed by atoms with Gasteiger partial charge in [0.15, 0.2) is 11.5 Å². The zero-order valence-electron chi connectivity index (χ0n) is 16.9. The van der Waals surface area contributed by atoms with Gasteiger partial charge in [0, 0.05) is 12.2 Å². The molecule has 0 saturated carbocycles. The molecule has 29 heavy (non-hydrogen) atoms. The van der Waals surface area contributed by atoms with Gasteiger partial charge in [-0.05, 0) is 66.4 Å². The van der Waals surface area contributed by atoms with E-state index < -0.39 is 5.97 Å². The van der Waals surface area contributed by atoms with Crippen molar-refractivity contribution in [1.82, 2.24) is 0 Å². The van der Waals surface area contributed by atoms with Gasteiger partial charge >= 0.3 is 5.97 Å². The van der Waals surface area contributed by atoms with Gasteiger partial charge in [0.25, 0.3) is 0 Å². The van der Waals surface area contributed by atoms with Crippen LogP contribution in [0, 0.1) is 13.8 Å². The number of carboxylic acids is 1. The maximum Gasteiger partial charge on any atom is 0.335 e. The average Bonchev–Trinajstić information content (AvgIpc) is 2.72. The SMILES string of the molecule is COc1cc(CNc2ccc(C(=O)O)cc2C)ccc1OCc1ccccc1C. The van der Waals surface area contributed by atoms with E-state index in [0.29, 0.717) is 24.7 Å². The summed E-state index contributed by atoms with van der Waals surface area (Å²) >= 11 is 0. The lowest BCUT2D eigenvalue weighted by Gasteiger charge is -2.14.